The lowest BCUT2D eigenvalue weighted by molar-refractivity contribution is 0.299. The molecule has 0 aliphatic rings. The maximum absolute atomic E-state index is 10.9. The summed E-state index contributed by atoms with van der Waals surface area (Å²) in [6.45, 7) is 0.266. The second kappa shape index (κ2) is 3.87. The van der Waals surface area contributed by atoms with Crippen LogP contribution < -0.4 is 15.6 Å². The molecule has 0 spiro atoms. The van der Waals surface area contributed by atoms with Gasteiger partial charge in [0.2, 0.25) is 5.43 Å². The summed E-state index contributed by atoms with van der Waals surface area (Å²) in [7, 11) is 0. The van der Waals surface area contributed by atoms with Gasteiger partial charge in [0.1, 0.15) is 6.61 Å². The number of hydrogen-bond donors (Lipinski definition) is 0. The van der Waals surface area contributed by atoms with Crippen LogP contribution in [0.1, 0.15) is 5.56 Å². The minimum atomic E-state index is -0.552. The molecule has 0 aromatic heterocycles. The number of ether oxygens (including phenoxy) is 1. The van der Waals surface area contributed by atoms with Gasteiger partial charge in [-0.15, -0.1) is 0 Å². The summed E-state index contributed by atoms with van der Waals surface area (Å²) < 4.78 is 5.13. The number of benzene rings is 1. The van der Waals surface area contributed by atoms with Gasteiger partial charge in [-0.2, -0.15) is 0 Å². The van der Waals surface area contributed by atoms with Gasteiger partial charge in [-0.05, 0) is 17.7 Å². The van der Waals surface area contributed by atoms with E-state index in [-0.39, 0.29) is 12.4 Å². The Morgan fingerprint density at radius 3 is 2.33 bits per heavy atom. The molecule has 0 atom stereocenters. The molecule has 0 aliphatic heterocycles. The van der Waals surface area contributed by atoms with E-state index in [2.05, 4.69) is 0 Å². The van der Waals surface area contributed by atoms with Gasteiger partial charge in [-0.25, -0.2) is 0 Å². The van der Waals surface area contributed by atoms with E-state index >= 15 is 0 Å². The van der Waals surface area contributed by atoms with Crippen LogP contribution in [0, 0.1) is 0 Å². The van der Waals surface area contributed by atoms with Crippen LogP contribution in [0.25, 0.3) is 0 Å². The zero-order chi connectivity index (χ0) is 10.8. The van der Waals surface area contributed by atoms with Crippen LogP contribution in [-0.4, -0.2) is 0 Å². The quantitative estimate of drug-likeness (QED) is 0.740. The van der Waals surface area contributed by atoms with E-state index in [0.717, 1.165) is 5.56 Å². The van der Waals surface area contributed by atoms with E-state index in [9.17, 15) is 9.59 Å². The normalized spacial score (nSPS) is 10.5. The molecule has 2 aromatic rings. The Morgan fingerprint density at radius 2 is 1.80 bits per heavy atom. The molecule has 0 unspecified atom stereocenters. The molecule has 76 valence electrons. The monoisotopic (exact) mass is 222 g/mol. The topological polar surface area (TPSA) is 43.4 Å². The molecule has 0 bridgehead atoms. The van der Waals surface area contributed by atoms with Gasteiger partial charge in [0, 0.05) is 11.1 Å². The molecule has 0 aliphatic carbocycles. The summed E-state index contributed by atoms with van der Waals surface area (Å²) in [5.41, 5.74) is -0.155. The molecular weight excluding hydrogens is 216 g/mol. The average Bonchev–Trinajstić information content (AvgIpc) is 2.26. The minimum Gasteiger partial charge on any atom is -0.484 e. The molecular formula is C11H7ClO3. The molecule has 3 nitrogen and oxygen atoms in total. The first-order chi connectivity index (χ1) is 7.16. The molecule has 2 rings (SSSR count). The Bertz CT molecular complexity index is 535. The molecule has 0 fully saturated rings. The highest BCUT2D eigenvalue weighted by Crippen LogP contribution is 2.11. The second-order valence-electron chi connectivity index (χ2n) is 3.12. The van der Waals surface area contributed by atoms with Crippen LogP contribution >= 0.6 is 11.6 Å². The maximum atomic E-state index is 10.9. The number of hydrogen-bond acceptors (Lipinski definition) is 3. The van der Waals surface area contributed by atoms with Crippen molar-refractivity contribution in [1.82, 2.24) is 0 Å². The van der Waals surface area contributed by atoms with Gasteiger partial charge in [-0.1, -0.05) is 23.7 Å². The van der Waals surface area contributed by atoms with Crippen molar-refractivity contribution in [3.8, 4) is 5.75 Å². The van der Waals surface area contributed by atoms with Gasteiger partial charge < -0.3 is 4.74 Å². The van der Waals surface area contributed by atoms with E-state index in [1.54, 1.807) is 24.3 Å². The van der Waals surface area contributed by atoms with Gasteiger partial charge in [0.05, 0.1) is 0 Å². The third-order valence-corrected chi connectivity index (χ3v) is 2.27. The van der Waals surface area contributed by atoms with Crippen LogP contribution in [-0.2, 0) is 6.61 Å². The third kappa shape index (κ3) is 2.07. The molecule has 4 heteroatoms. The lowest BCUT2D eigenvalue weighted by Gasteiger charge is -2.05. The van der Waals surface area contributed by atoms with E-state index in [0.29, 0.717) is 5.02 Å². The van der Waals surface area contributed by atoms with Crippen molar-refractivity contribution in [3.63, 3.8) is 0 Å². The standard InChI is InChI=1S/C11H7ClO3/c12-8-3-1-7(2-4-8)6-15-10-5-9(13)11(10)14/h1-5H,6H2. The highest BCUT2D eigenvalue weighted by molar-refractivity contribution is 6.30. The summed E-state index contributed by atoms with van der Waals surface area (Å²) in [5, 5.41) is 0.646. The fourth-order valence-corrected chi connectivity index (χ4v) is 1.27. The van der Waals surface area contributed by atoms with Gasteiger partial charge in [-0.3, -0.25) is 9.59 Å². The van der Waals surface area contributed by atoms with E-state index in [1.807, 2.05) is 0 Å². The largest absolute Gasteiger partial charge is 0.484 e. The lowest BCUT2D eigenvalue weighted by Crippen LogP contribution is -2.30. The summed E-state index contributed by atoms with van der Waals surface area (Å²) in [5.74, 6) is 0.134. The van der Waals surface area contributed by atoms with Gasteiger partial charge in [0.25, 0.3) is 5.43 Å². The molecule has 0 saturated heterocycles. The lowest BCUT2D eigenvalue weighted by atomic mass is 10.2. The summed E-state index contributed by atoms with van der Waals surface area (Å²) in [6.07, 6.45) is 0. The zero-order valence-corrected chi connectivity index (χ0v) is 8.45. The van der Waals surface area contributed by atoms with E-state index < -0.39 is 10.9 Å². The first kappa shape index (κ1) is 9.93. The maximum Gasteiger partial charge on any atom is 0.267 e. The van der Waals surface area contributed by atoms with Crippen LogP contribution in [0.5, 0.6) is 5.75 Å². The molecule has 0 N–H and O–H groups in total. The van der Waals surface area contributed by atoms with Crippen molar-refractivity contribution in [2.75, 3.05) is 0 Å². The molecule has 15 heavy (non-hydrogen) atoms. The highest BCUT2D eigenvalue weighted by atomic mass is 35.5. The van der Waals surface area contributed by atoms with Crippen molar-refractivity contribution in [2.24, 2.45) is 0 Å². The predicted octanol–water partition coefficient (Wildman–Crippen LogP) is 1.51. The summed E-state index contributed by atoms with van der Waals surface area (Å²) in [4.78, 5) is 21.4. The average molecular weight is 223 g/mol. The predicted molar refractivity (Wildman–Crippen MR) is 57.1 cm³/mol. The van der Waals surface area contributed by atoms with E-state index in [4.69, 9.17) is 16.3 Å². The fraction of sp³-hybridized carbons (Fsp3) is 0.0909. The molecule has 0 heterocycles. The fourth-order valence-electron chi connectivity index (χ4n) is 1.14. The minimum absolute atomic E-state index is 0.134. The van der Waals surface area contributed by atoms with Crippen molar-refractivity contribution in [3.05, 3.63) is 61.4 Å². The van der Waals surface area contributed by atoms with Gasteiger partial charge in [0.15, 0.2) is 5.75 Å². The first-order valence-electron chi connectivity index (χ1n) is 4.34. The SMILES string of the molecule is O=c1cc(OCc2ccc(Cl)cc2)c1=O. The Labute approximate surface area is 90.6 Å². The highest BCUT2D eigenvalue weighted by Gasteiger charge is 2.10. The number of halogens is 1. The van der Waals surface area contributed by atoms with Crippen molar-refractivity contribution < 1.29 is 4.74 Å². The zero-order valence-electron chi connectivity index (χ0n) is 7.70. The van der Waals surface area contributed by atoms with Crippen molar-refractivity contribution in [2.45, 2.75) is 6.61 Å². The summed E-state index contributed by atoms with van der Waals surface area (Å²) >= 11 is 5.70. The molecule has 0 saturated carbocycles. The van der Waals surface area contributed by atoms with Crippen molar-refractivity contribution >= 4 is 11.6 Å². The molecule has 0 amide bonds. The van der Waals surface area contributed by atoms with Crippen LogP contribution in [0.2, 0.25) is 5.02 Å². The number of rotatable bonds is 3. The Morgan fingerprint density at radius 1 is 1.13 bits per heavy atom. The Hall–Kier alpha value is -1.61. The Balaban J connectivity index is 2.00. The first-order valence-corrected chi connectivity index (χ1v) is 4.72. The van der Waals surface area contributed by atoms with E-state index in [1.165, 1.54) is 6.07 Å². The smallest absolute Gasteiger partial charge is 0.267 e. The van der Waals surface area contributed by atoms with Crippen LogP contribution in [0.4, 0.5) is 0 Å². The molecule has 2 aromatic carbocycles. The van der Waals surface area contributed by atoms with Gasteiger partial charge >= 0.3 is 0 Å². The summed E-state index contributed by atoms with van der Waals surface area (Å²) in [6, 6.07) is 8.27. The van der Waals surface area contributed by atoms with Crippen LogP contribution in [0.3, 0.4) is 0 Å². The Kier molecular flexibility index (Phi) is 2.56. The third-order valence-electron chi connectivity index (χ3n) is 2.02. The second-order valence-corrected chi connectivity index (χ2v) is 3.55. The molecule has 0 radical (unpaired) electrons. The van der Waals surface area contributed by atoms with Crippen molar-refractivity contribution in [1.29, 1.82) is 0 Å². The van der Waals surface area contributed by atoms with Crippen LogP contribution in [0.15, 0.2) is 39.9 Å².